The summed E-state index contributed by atoms with van der Waals surface area (Å²) in [5.41, 5.74) is 1.62. The van der Waals surface area contributed by atoms with Gasteiger partial charge < -0.3 is 10.6 Å². The summed E-state index contributed by atoms with van der Waals surface area (Å²) in [5.74, 6) is 0.106. The second kappa shape index (κ2) is 5.46. The number of carbonyl (C=O) groups excluding carboxylic acids is 1. The van der Waals surface area contributed by atoms with Crippen LogP contribution >= 0.6 is 11.3 Å². The quantitative estimate of drug-likeness (QED) is 0.895. The zero-order valence-corrected chi connectivity index (χ0v) is 11.1. The summed E-state index contributed by atoms with van der Waals surface area (Å²) in [6.07, 6.45) is 2.63. The van der Waals surface area contributed by atoms with Gasteiger partial charge in [0.25, 0.3) is 0 Å². The van der Waals surface area contributed by atoms with Crippen LogP contribution in [0.4, 0.5) is 5.13 Å². The van der Waals surface area contributed by atoms with Crippen LogP contribution in [0.15, 0.2) is 29.8 Å². The lowest BCUT2D eigenvalue weighted by Crippen LogP contribution is -2.24. The van der Waals surface area contributed by atoms with E-state index in [9.17, 15) is 4.79 Å². The minimum atomic E-state index is 0.0481. The Morgan fingerprint density at radius 1 is 1.42 bits per heavy atom. The number of amides is 1. The first-order chi connectivity index (χ1) is 9.33. The number of nitrogens with one attached hydrogen (secondary N) is 2. The first kappa shape index (κ1) is 12.3. The van der Waals surface area contributed by atoms with E-state index in [1.165, 1.54) is 11.3 Å². The Balaban J connectivity index is 1.70. The fourth-order valence-corrected chi connectivity index (χ4v) is 2.76. The molecule has 1 fully saturated rings. The van der Waals surface area contributed by atoms with Crippen molar-refractivity contribution in [3.05, 3.63) is 29.8 Å². The molecule has 6 heteroatoms. The molecule has 19 heavy (non-hydrogen) atoms. The fourth-order valence-electron chi connectivity index (χ4n) is 2.05. The Morgan fingerprint density at radius 2 is 2.37 bits per heavy atom. The van der Waals surface area contributed by atoms with E-state index in [-0.39, 0.29) is 11.8 Å². The van der Waals surface area contributed by atoms with Crippen LogP contribution in [0, 0.1) is 5.92 Å². The van der Waals surface area contributed by atoms with Crippen LogP contribution < -0.4 is 10.6 Å². The maximum Gasteiger partial charge on any atom is 0.230 e. The number of rotatable bonds is 3. The van der Waals surface area contributed by atoms with E-state index < -0.39 is 0 Å². The number of hydrogen-bond acceptors (Lipinski definition) is 5. The molecule has 0 radical (unpaired) electrons. The molecule has 1 amide bonds. The molecule has 1 atom stereocenters. The highest BCUT2D eigenvalue weighted by Gasteiger charge is 2.23. The summed E-state index contributed by atoms with van der Waals surface area (Å²) >= 11 is 1.43. The Hall–Kier alpha value is -1.79. The van der Waals surface area contributed by atoms with Gasteiger partial charge in [-0.15, -0.1) is 11.3 Å². The molecule has 0 aliphatic carbocycles. The third kappa shape index (κ3) is 2.80. The average Bonchev–Trinajstić information content (AvgIpc) is 3.11. The van der Waals surface area contributed by atoms with Gasteiger partial charge in [0, 0.05) is 18.1 Å². The van der Waals surface area contributed by atoms with Crippen molar-refractivity contribution in [2.75, 3.05) is 18.4 Å². The van der Waals surface area contributed by atoms with E-state index in [2.05, 4.69) is 20.6 Å². The largest absolute Gasteiger partial charge is 0.316 e. The molecule has 1 unspecified atom stereocenters. The number of anilines is 1. The summed E-state index contributed by atoms with van der Waals surface area (Å²) in [5, 5.41) is 8.60. The van der Waals surface area contributed by atoms with Crippen LogP contribution in [0.1, 0.15) is 6.42 Å². The molecule has 0 spiro atoms. The Bertz CT molecular complexity index is 563. The second-order valence-corrected chi connectivity index (χ2v) is 5.29. The van der Waals surface area contributed by atoms with E-state index >= 15 is 0 Å². The van der Waals surface area contributed by atoms with Crippen molar-refractivity contribution in [1.29, 1.82) is 0 Å². The van der Waals surface area contributed by atoms with E-state index in [1.54, 1.807) is 6.20 Å². The summed E-state index contributed by atoms with van der Waals surface area (Å²) in [4.78, 5) is 20.6. The molecule has 0 bridgehead atoms. The zero-order chi connectivity index (χ0) is 13.1. The van der Waals surface area contributed by atoms with Crippen molar-refractivity contribution >= 4 is 22.4 Å². The van der Waals surface area contributed by atoms with Crippen LogP contribution in [0.3, 0.4) is 0 Å². The topological polar surface area (TPSA) is 66.9 Å². The van der Waals surface area contributed by atoms with E-state index in [0.717, 1.165) is 30.9 Å². The molecule has 1 aliphatic rings. The lowest BCUT2D eigenvalue weighted by molar-refractivity contribution is -0.119. The highest BCUT2D eigenvalue weighted by molar-refractivity contribution is 7.14. The summed E-state index contributed by atoms with van der Waals surface area (Å²) in [6, 6.07) is 5.69. The zero-order valence-electron chi connectivity index (χ0n) is 10.3. The van der Waals surface area contributed by atoms with Crippen LogP contribution in [0.2, 0.25) is 0 Å². The van der Waals surface area contributed by atoms with E-state index in [0.29, 0.717) is 5.13 Å². The molecule has 0 aromatic carbocycles. The standard InChI is InChI=1S/C13H14N4OS/c18-12(9-4-6-14-7-9)17-13-16-11(8-19-13)10-3-1-2-5-15-10/h1-3,5,8-9,14H,4,6-7H2,(H,16,17,18). The Kier molecular flexibility index (Phi) is 3.52. The lowest BCUT2D eigenvalue weighted by atomic mass is 10.1. The SMILES string of the molecule is O=C(Nc1nc(-c2ccccn2)cs1)C1CCNC1. The number of pyridine rings is 1. The number of aromatic nitrogens is 2. The maximum atomic E-state index is 12.0. The predicted octanol–water partition coefficient (Wildman–Crippen LogP) is 1.75. The molecule has 2 aromatic rings. The maximum absolute atomic E-state index is 12.0. The van der Waals surface area contributed by atoms with Crippen molar-refractivity contribution in [2.24, 2.45) is 5.92 Å². The van der Waals surface area contributed by atoms with Gasteiger partial charge in [-0.1, -0.05) is 6.07 Å². The number of carbonyl (C=O) groups is 1. The second-order valence-electron chi connectivity index (χ2n) is 4.43. The van der Waals surface area contributed by atoms with Gasteiger partial charge in [-0.25, -0.2) is 4.98 Å². The fraction of sp³-hybridized carbons (Fsp3) is 0.308. The summed E-state index contributed by atoms with van der Waals surface area (Å²) in [6.45, 7) is 1.67. The molecule has 2 aromatic heterocycles. The van der Waals surface area contributed by atoms with Gasteiger partial charge in [0.15, 0.2) is 5.13 Å². The van der Waals surface area contributed by atoms with Gasteiger partial charge in [-0.3, -0.25) is 9.78 Å². The van der Waals surface area contributed by atoms with Gasteiger partial charge in [0.2, 0.25) is 5.91 Å². The molecule has 2 N–H and O–H groups in total. The van der Waals surface area contributed by atoms with Gasteiger partial charge in [-0.2, -0.15) is 0 Å². The number of thiazole rings is 1. The van der Waals surface area contributed by atoms with Crippen molar-refractivity contribution in [3.8, 4) is 11.4 Å². The normalized spacial score (nSPS) is 18.4. The predicted molar refractivity (Wildman–Crippen MR) is 75.0 cm³/mol. The molecular formula is C13H14N4OS. The molecular weight excluding hydrogens is 260 g/mol. The van der Waals surface area contributed by atoms with Crippen molar-refractivity contribution in [2.45, 2.75) is 6.42 Å². The van der Waals surface area contributed by atoms with Gasteiger partial charge in [0.05, 0.1) is 11.6 Å². The average molecular weight is 274 g/mol. The van der Waals surface area contributed by atoms with Gasteiger partial charge in [0.1, 0.15) is 5.69 Å². The molecule has 5 nitrogen and oxygen atoms in total. The number of hydrogen-bond donors (Lipinski definition) is 2. The molecule has 3 rings (SSSR count). The van der Waals surface area contributed by atoms with Crippen molar-refractivity contribution < 1.29 is 4.79 Å². The monoisotopic (exact) mass is 274 g/mol. The molecule has 1 aliphatic heterocycles. The van der Waals surface area contributed by atoms with E-state index in [1.807, 2.05) is 23.6 Å². The minimum absolute atomic E-state index is 0.0481. The summed E-state index contributed by atoms with van der Waals surface area (Å²) < 4.78 is 0. The molecule has 1 saturated heterocycles. The van der Waals surface area contributed by atoms with E-state index in [4.69, 9.17) is 0 Å². The molecule has 0 saturated carbocycles. The first-order valence-electron chi connectivity index (χ1n) is 6.21. The molecule has 98 valence electrons. The van der Waals surface area contributed by atoms with Crippen LogP contribution in [0.25, 0.3) is 11.4 Å². The van der Waals surface area contributed by atoms with Crippen molar-refractivity contribution in [3.63, 3.8) is 0 Å². The van der Waals surface area contributed by atoms with Crippen LogP contribution in [0.5, 0.6) is 0 Å². The van der Waals surface area contributed by atoms with Gasteiger partial charge in [-0.05, 0) is 25.1 Å². The third-order valence-corrected chi connectivity index (χ3v) is 3.85. The Labute approximate surface area is 115 Å². The third-order valence-electron chi connectivity index (χ3n) is 3.09. The van der Waals surface area contributed by atoms with Gasteiger partial charge >= 0.3 is 0 Å². The summed E-state index contributed by atoms with van der Waals surface area (Å²) in [7, 11) is 0. The first-order valence-corrected chi connectivity index (χ1v) is 7.09. The van der Waals surface area contributed by atoms with Crippen LogP contribution in [-0.2, 0) is 4.79 Å². The Morgan fingerprint density at radius 3 is 3.11 bits per heavy atom. The van der Waals surface area contributed by atoms with Crippen molar-refractivity contribution in [1.82, 2.24) is 15.3 Å². The molecule has 3 heterocycles. The van der Waals surface area contributed by atoms with Crippen LogP contribution in [-0.4, -0.2) is 29.0 Å². The minimum Gasteiger partial charge on any atom is -0.316 e. The highest BCUT2D eigenvalue weighted by atomic mass is 32.1. The smallest absolute Gasteiger partial charge is 0.230 e. The lowest BCUT2D eigenvalue weighted by Gasteiger charge is -2.06. The number of nitrogens with zero attached hydrogens (tertiary/aromatic N) is 2. The highest BCUT2D eigenvalue weighted by Crippen LogP contribution is 2.23.